The quantitative estimate of drug-likeness (QED) is 0.887. The molecule has 0 spiro atoms. The normalized spacial score (nSPS) is 11.5. The van der Waals surface area contributed by atoms with Crippen LogP contribution in [-0.2, 0) is 6.54 Å². The molecule has 114 valence electrons. The first kappa shape index (κ1) is 15.9. The molecule has 0 saturated heterocycles. The first-order valence-corrected chi connectivity index (χ1v) is 7.12. The molecule has 4 nitrogen and oxygen atoms in total. The van der Waals surface area contributed by atoms with Crippen LogP contribution >= 0.6 is 0 Å². The highest BCUT2D eigenvalue weighted by molar-refractivity contribution is 5.43. The molecule has 0 heterocycles. The number of methoxy groups -OCH3 is 2. The Bertz CT molecular complexity index is 677. The number of hydrogen-bond acceptors (Lipinski definition) is 4. The zero-order valence-corrected chi connectivity index (χ0v) is 13.1. The summed E-state index contributed by atoms with van der Waals surface area (Å²) in [5.74, 6) is 1.44. The fraction of sp³-hybridized carbons (Fsp3) is 0.278. The van der Waals surface area contributed by atoms with Crippen LogP contribution in [0, 0.1) is 11.3 Å². The van der Waals surface area contributed by atoms with Crippen LogP contribution in [0.3, 0.4) is 0 Å². The maximum atomic E-state index is 8.93. The van der Waals surface area contributed by atoms with Gasteiger partial charge in [0, 0.05) is 12.6 Å². The van der Waals surface area contributed by atoms with E-state index < -0.39 is 0 Å². The SMILES string of the molecule is COc1ccc([C@@H](C)NCc2cccc(C#N)c2)cc1OC. The molecule has 22 heavy (non-hydrogen) atoms. The van der Waals surface area contributed by atoms with Gasteiger partial charge in [-0.15, -0.1) is 0 Å². The second kappa shape index (κ2) is 7.48. The minimum atomic E-state index is 0.158. The molecule has 0 saturated carbocycles. The molecule has 0 bridgehead atoms. The molecule has 0 unspecified atom stereocenters. The second-order valence-electron chi connectivity index (χ2n) is 5.03. The van der Waals surface area contributed by atoms with Crippen molar-refractivity contribution >= 4 is 0 Å². The molecule has 0 fully saturated rings. The van der Waals surface area contributed by atoms with Gasteiger partial charge in [-0.25, -0.2) is 0 Å². The van der Waals surface area contributed by atoms with Gasteiger partial charge < -0.3 is 14.8 Å². The Morgan fingerprint density at radius 3 is 2.55 bits per heavy atom. The monoisotopic (exact) mass is 296 g/mol. The Morgan fingerprint density at radius 2 is 1.86 bits per heavy atom. The molecule has 2 aromatic carbocycles. The van der Waals surface area contributed by atoms with Crippen LogP contribution in [0.1, 0.15) is 29.7 Å². The van der Waals surface area contributed by atoms with Crippen molar-refractivity contribution in [2.24, 2.45) is 0 Å². The Labute approximate surface area is 131 Å². The molecular formula is C18H20N2O2. The first-order valence-electron chi connectivity index (χ1n) is 7.12. The lowest BCUT2D eigenvalue weighted by Crippen LogP contribution is -2.18. The van der Waals surface area contributed by atoms with Gasteiger partial charge >= 0.3 is 0 Å². The van der Waals surface area contributed by atoms with Crippen LogP contribution in [-0.4, -0.2) is 14.2 Å². The van der Waals surface area contributed by atoms with Gasteiger partial charge in [0.15, 0.2) is 11.5 Å². The van der Waals surface area contributed by atoms with Gasteiger partial charge in [0.2, 0.25) is 0 Å². The minimum absolute atomic E-state index is 0.158. The summed E-state index contributed by atoms with van der Waals surface area (Å²) < 4.78 is 10.6. The van der Waals surface area contributed by atoms with Gasteiger partial charge in [-0.3, -0.25) is 0 Å². The van der Waals surface area contributed by atoms with Crippen LogP contribution in [0.25, 0.3) is 0 Å². The topological polar surface area (TPSA) is 54.3 Å². The molecule has 4 heteroatoms. The third-order valence-electron chi connectivity index (χ3n) is 3.58. The maximum absolute atomic E-state index is 8.93. The molecular weight excluding hydrogens is 276 g/mol. The lowest BCUT2D eigenvalue weighted by Gasteiger charge is -2.16. The van der Waals surface area contributed by atoms with E-state index in [0.717, 1.165) is 22.6 Å². The van der Waals surface area contributed by atoms with E-state index in [0.29, 0.717) is 12.1 Å². The van der Waals surface area contributed by atoms with E-state index in [9.17, 15) is 0 Å². The molecule has 0 aromatic heterocycles. The number of ether oxygens (including phenoxy) is 2. The van der Waals surface area contributed by atoms with Crippen molar-refractivity contribution in [1.29, 1.82) is 5.26 Å². The smallest absolute Gasteiger partial charge is 0.161 e. The standard InChI is InChI=1S/C18H20N2O2/c1-13(16-7-8-17(21-2)18(10-16)22-3)20-12-15-6-4-5-14(9-15)11-19/h4-10,13,20H,12H2,1-3H3/t13-/m1/s1. The van der Waals surface area contributed by atoms with E-state index in [2.05, 4.69) is 18.3 Å². The third-order valence-corrected chi connectivity index (χ3v) is 3.58. The highest BCUT2D eigenvalue weighted by Crippen LogP contribution is 2.29. The van der Waals surface area contributed by atoms with Gasteiger partial charge in [0.25, 0.3) is 0 Å². The number of nitrogens with one attached hydrogen (secondary N) is 1. The molecule has 2 aromatic rings. The predicted octanol–water partition coefficient (Wildman–Crippen LogP) is 3.43. The van der Waals surface area contributed by atoms with Crippen molar-refractivity contribution in [3.8, 4) is 17.6 Å². The maximum Gasteiger partial charge on any atom is 0.161 e. The Balaban J connectivity index is 2.05. The molecule has 0 amide bonds. The van der Waals surface area contributed by atoms with Crippen LogP contribution in [0.5, 0.6) is 11.5 Å². The summed E-state index contributed by atoms with van der Waals surface area (Å²) in [6.45, 7) is 2.79. The second-order valence-corrected chi connectivity index (χ2v) is 5.03. The Hall–Kier alpha value is -2.51. The summed E-state index contributed by atoms with van der Waals surface area (Å²) in [5, 5.41) is 12.4. The first-order chi connectivity index (χ1) is 10.7. The lowest BCUT2D eigenvalue weighted by atomic mass is 10.1. The molecule has 0 aliphatic heterocycles. The van der Waals surface area contributed by atoms with Crippen molar-refractivity contribution in [1.82, 2.24) is 5.32 Å². The third kappa shape index (κ3) is 3.78. The number of nitriles is 1. The van der Waals surface area contributed by atoms with Crippen molar-refractivity contribution in [3.05, 3.63) is 59.2 Å². The van der Waals surface area contributed by atoms with Crippen LogP contribution < -0.4 is 14.8 Å². The summed E-state index contributed by atoms with van der Waals surface area (Å²) in [6, 6.07) is 15.8. The van der Waals surface area contributed by atoms with Gasteiger partial charge in [-0.2, -0.15) is 5.26 Å². The summed E-state index contributed by atoms with van der Waals surface area (Å²) in [6.07, 6.45) is 0. The molecule has 1 atom stereocenters. The molecule has 0 aliphatic rings. The average Bonchev–Trinajstić information content (AvgIpc) is 2.59. The van der Waals surface area contributed by atoms with E-state index in [1.807, 2.05) is 36.4 Å². The van der Waals surface area contributed by atoms with Crippen molar-refractivity contribution < 1.29 is 9.47 Å². The van der Waals surface area contributed by atoms with E-state index in [-0.39, 0.29) is 6.04 Å². The highest BCUT2D eigenvalue weighted by Gasteiger charge is 2.10. The van der Waals surface area contributed by atoms with Gasteiger partial charge in [0.05, 0.1) is 25.9 Å². The average molecular weight is 296 g/mol. The summed E-state index contributed by atoms with van der Waals surface area (Å²) in [4.78, 5) is 0. The molecule has 0 radical (unpaired) electrons. The highest BCUT2D eigenvalue weighted by atomic mass is 16.5. The Morgan fingerprint density at radius 1 is 1.09 bits per heavy atom. The largest absolute Gasteiger partial charge is 0.493 e. The van der Waals surface area contributed by atoms with E-state index in [1.54, 1.807) is 20.3 Å². The number of hydrogen-bond donors (Lipinski definition) is 1. The van der Waals surface area contributed by atoms with Gasteiger partial charge in [-0.05, 0) is 42.3 Å². The predicted molar refractivity (Wildman–Crippen MR) is 86.0 cm³/mol. The summed E-state index contributed by atoms with van der Waals surface area (Å²) in [5.41, 5.74) is 2.89. The van der Waals surface area contributed by atoms with Crippen molar-refractivity contribution in [2.45, 2.75) is 19.5 Å². The van der Waals surface area contributed by atoms with Crippen molar-refractivity contribution in [3.63, 3.8) is 0 Å². The van der Waals surface area contributed by atoms with Gasteiger partial charge in [-0.1, -0.05) is 18.2 Å². The zero-order chi connectivity index (χ0) is 15.9. The fourth-order valence-corrected chi connectivity index (χ4v) is 2.26. The number of nitrogens with zero attached hydrogens (tertiary/aromatic N) is 1. The minimum Gasteiger partial charge on any atom is -0.493 e. The van der Waals surface area contributed by atoms with Crippen molar-refractivity contribution in [2.75, 3.05) is 14.2 Å². The lowest BCUT2D eigenvalue weighted by molar-refractivity contribution is 0.354. The molecule has 0 aliphatic carbocycles. The molecule has 1 N–H and O–H groups in total. The molecule has 2 rings (SSSR count). The van der Waals surface area contributed by atoms with Crippen LogP contribution in [0.2, 0.25) is 0 Å². The number of benzene rings is 2. The van der Waals surface area contributed by atoms with E-state index >= 15 is 0 Å². The van der Waals surface area contributed by atoms with Crippen LogP contribution in [0.4, 0.5) is 0 Å². The Kier molecular flexibility index (Phi) is 5.40. The summed E-state index contributed by atoms with van der Waals surface area (Å²) >= 11 is 0. The van der Waals surface area contributed by atoms with Gasteiger partial charge in [0.1, 0.15) is 0 Å². The number of rotatable bonds is 6. The fourth-order valence-electron chi connectivity index (χ4n) is 2.26. The van der Waals surface area contributed by atoms with Crippen LogP contribution in [0.15, 0.2) is 42.5 Å². The van der Waals surface area contributed by atoms with E-state index in [1.165, 1.54) is 0 Å². The zero-order valence-electron chi connectivity index (χ0n) is 13.1. The summed E-state index contributed by atoms with van der Waals surface area (Å²) in [7, 11) is 3.26. The van der Waals surface area contributed by atoms with E-state index in [4.69, 9.17) is 14.7 Å².